The maximum atomic E-state index is 13.3. The highest BCUT2D eigenvalue weighted by Gasteiger charge is 2.34. The van der Waals surface area contributed by atoms with Gasteiger partial charge in [-0.25, -0.2) is 9.78 Å². The van der Waals surface area contributed by atoms with E-state index in [2.05, 4.69) is 4.98 Å². The fourth-order valence-electron chi connectivity index (χ4n) is 3.80. The second-order valence-corrected chi connectivity index (χ2v) is 10.8. The lowest BCUT2D eigenvalue weighted by Gasteiger charge is -2.37. The van der Waals surface area contributed by atoms with Gasteiger partial charge < -0.3 is 14.4 Å². The third-order valence-electron chi connectivity index (χ3n) is 5.43. The smallest absolute Gasteiger partial charge is 0.410 e. The molecule has 11 heteroatoms. The van der Waals surface area contributed by atoms with E-state index in [9.17, 15) is 24.0 Å². The van der Waals surface area contributed by atoms with E-state index in [0.29, 0.717) is 30.7 Å². The predicted molar refractivity (Wildman–Crippen MR) is 133 cm³/mol. The molecule has 0 N–H and O–H groups in total. The van der Waals surface area contributed by atoms with E-state index in [1.54, 1.807) is 31.1 Å². The number of esters is 1. The van der Waals surface area contributed by atoms with Gasteiger partial charge in [0.05, 0.1) is 0 Å². The highest BCUT2D eigenvalue weighted by molar-refractivity contribution is 7.09. The second-order valence-electron chi connectivity index (χ2n) is 9.92. The summed E-state index contributed by atoms with van der Waals surface area (Å²) in [4.78, 5) is 66.9. The summed E-state index contributed by atoms with van der Waals surface area (Å²) in [6.07, 6.45) is 3.14. The quantitative estimate of drug-likeness (QED) is 0.176. The number of hydrogen-bond acceptors (Lipinski definition) is 9. The Balaban J connectivity index is 2.22. The normalized spacial score (nSPS) is 15.2. The van der Waals surface area contributed by atoms with E-state index in [-0.39, 0.29) is 42.4 Å². The molecule has 0 aliphatic carbocycles. The number of imide groups is 1. The van der Waals surface area contributed by atoms with E-state index in [0.717, 1.165) is 0 Å². The van der Waals surface area contributed by atoms with Crippen LogP contribution in [0.25, 0.3) is 0 Å². The maximum absolute atomic E-state index is 13.3. The zero-order chi connectivity index (χ0) is 27.0. The van der Waals surface area contributed by atoms with E-state index in [1.807, 2.05) is 13.8 Å². The van der Waals surface area contributed by atoms with Crippen molar-refractivity contribution in [3.8, 4) is 0 Å². The number of carbonyl (C=O) groups excluding carboxylic acids is 5. The molecular formula is C25H35N3O7S. The molecule has 198 valence electrons. The van der Waals surface area contributed by atoms with Gasteiger partial charge in [0.25, 0.3) is 11.8 Å². The average molecular weight is 522 g/mol. The Labute approximate surface area is 215 Å². The molecule has 0 fully saturated rings. The van der Waals surface area contributed by atoms with Crippen LogP contribution in [0.4, 0.5) is 4.79 Å². The molecule has 1 aliphatic rings. The van der Waals surface area contributed by atoms with E-state index in [4.69, 9.17) is 9.47 Å². The van der Waals surface area contributed by atoms with E-state index in [1.165, 1.54) is 35.3 Å². The highest BCUT2D eigenvalue weighted by atomic mass is 32.1. The minimum absolute atomic E-state index is 0.0352. The molecule has 1 aromatic rings. The summed E-state index contributed by atoms with van der Waals surface area (Å²) in [7, 11) is 0. The minimum Gasteiger partial charge on any atom is -0.455 e. The number of nitrogens with zero attached hydrogens (tertiary/aromatic N) is 3. The summed E-state index contributed by atoms with van der Waals surface area (Å²) in [5.74, 6) is -1.22. The SMILES string of the molecule is CC(=O)O[C@H](C[C@H](C(C)C)N(CCCCN1C(=O)C=CC1=O)C(=O)OC(C)(C)C)c1nc(C=O)cs1. The molecule has 3 amide bonds. The molecule has 0 radical (unpaired) electrons. The van der Waals surface area contributed by atoms with Crippen molar-refractivity contribution in [3.05, 3.63) is 28.2 Å². The first-order chi connectivity index (χ1) is 16.8. The van der Waals surface area contributed by atoms with Crippen LogP contribution in [0, 0.1) is 5.92 Å². The van der Waals surface area contributed by atoms with Crippen molar-refractivity contribution in [2.24, 2.45) is 5.92 Å². The third kappa shape index (κ3) is 8.54. The van der Waals surface area contributed by atoms with Gasteiger partial charge in [-0.15, -0.1) is 11.3 Å². The van der Waals surface area contributed by atoms with Crippen LogP contribution >= 0.6 is 11.3 Å². The first-order valence-corrected chi connectivity index (χ1v) is 12.8. The Bertz CT molecular complexity index is 978. The third-order valence-corrected chi connectivity index (χ3v) is 6.38. The van der Waals surface area contributed by atoms with Crippen LogP contribution in [0.15, 0.2) is 17.5 Å². The largest absolute Gasteiger partial charge is 0.455 e. The summed E-state index contributed by atoms with van der Waals surface area (Å²) in [6, 6.07) is -0.385. The van der Waals surface area contributed by atoms with Crippen molar-refractivity contribution in [2.75, 3.05) is 13.1 Å². The Morgan fingerprint density at radius 3 is 2.31 bits per heavy atom. The number of carbonyl (C=O) groups is 5. The summed E-state index contributed by atoms with van der Waals surface area (Å²) in [5.41, 5.74) is -0.474. The molecule has 1 aliphatic heterocycles. The van der Waals surface area contributed by atoms with Crippen LogP contribution in [-0.2, 0) is 23.9 Å². The van der Waals surface area contributed by atoms with Gasteiger partial charge in [0.2, 0.25) is 0 Å². The van der Waals surface area contributed by atoms with Gasteiger partial charge in [0.15, 0.2) is 12.4 Å². The van der Waals surface area contributed by atoms with Gasteiger partial charge >= 0.3 is 12.1 Å². The molecule has 0 saturated carbocycles. The van der Waals surface area contributed by atoms with Crippen LogP contribution in [0.5, 0.6) is 0 Å². The summed E-state index contributed by atoms with van der Waals surface area (Å²) in [5, 5.41) is 2.06. The molecule has 2 atom stereocenters. The van der Waals surface area contributed by atoms with Crippen LogP contribution in [0.1, 0.15) is 82.4 Å². The van der Waals surface area contributed by atoms with Crippen LogP contribution in [0.2, 0.25) is 0 Å². The number of amides is 3. The fourth-order valence-corrected chi connectivity index (χ4v) is 4.60. The van der Waals surface area contributed by atoms with Crippen molar-refractivity contribution < 1.29 is 33.4 Å². The summed E-state index contributed by atoms with van der Waals surface area (Å²) in [6.45, 7) is 11.1. The zero-order valence-corrected chi connectivity index (χ0v) is 22.5. The number of aldehydes is 1. The Hall–Kier alpha value is -3.08. The number of thiazole rings is 1. The number of hydrogen-bond donors (Lipinski definition) is 0. The van der Waals surface area contributed by atoms with Gasteiger partial charge in [-0.05, 0) is 39.5 Å². The van der Waals surface area contributed by atoms with Gasteiger partial charge in [-0.3, -0.25) is 24.1 Å². The van der Waals surface area contributed by atoms with Crippen LogP contribution in [0.3, 0.4) is 0 Å². The van der Waals surface area contributed by atoms with Crippen LogP contribution in [-0.4, -0.2) is 69.7 Å². The standard InChI is InChI=1S/C25H35N3O7S/c1-16(2)19(13-20(34-17(3)30)23-26-18(14-29)15-36-23)27(24(33)35-25(4,5)6)11-7-8-12-28-21(31)9-10-22(28)32/h9-10,14-16,19-20H,7-8,11-13H2,1-6H3/t19-,20-/m1/s1. The molecule has 0 aromatic carbocycles. The lowest BCUT2D eigenvalue weighted by Crippen LogP contribution is -2.47. The number of unbranched alkanes of at least 4 members (excludes halogenated alkanes) is 1. The van der Waals surface area contributed by atoms with Crippen molar-refractivity contribution in [1.82, 2.24) is 14.8 Å². The van der Waals surface area contributed by atoms with Crippen LogP contribution < -0.4 is 0 Å². The highest BCUT2D eigenvalue weighted by Crippen LogP contribution is 2.31. The summed E-state index contributed by atoms with van der Waals surface area (Å²) >= 11 is 1.21. The fraction of sp³-hybridized carbons (Fsp3) is 0.600. The zero-order valence-electron chi connectivity index (χ0n) is 21.7. The van der Waals surface area contributed by atoms with Gasteiger partial charge in [-0.1, -0.05) is 13.8 Å². The predicted octanol–water partition coefficient (Wildman–Crippen LogP) is 3.92. The van der Waals surface area contributed by atoms with Crippen molar-refractivity contribution in [1.29, 1.82) is 0 Å². The summed E-state index contributed by atoms with van der Waals surface area (Å²) < 4.78 is 11.2. The number of ether oxygens (including phenoxy) is 2. The Morgan fingerprint density at radius 1 is 1.17 bits per heavy atom. The molecule has 10 nitrogen and oxygen atoms in total. The molecule has 36 heavy (non-hydrogen) atoms. The second kappa shape index (κ2) is 12.8. The topological polar surface area (TPSA) is 123 Å². The first kappa shape index (κ1) is 29.2. The molecule has 0 unspecified atom stereocenters. The lowest BCUT2D eigenvalue weighted by molar-refractivity contribution is -0.148. The van der Waals surface area contributed by atoms with Crippen molar-refractivity contribution in [3.63, 3.8) is 0 Å². The maximum Gasteiger partial charge on any atom is 0.410 e. The van der Waals surface area contributed by atoms with Crippen molar-refractivity contribution >= 4 is 41.5 Å². The van der Waals surface area contributed by atoms with E-state index >= 15 is 0 Å². The minimum atomic E-state index is -0.746. The molecule has 0 spiro atoms. The number of aromatic nitrogens is 1. The lowest BCUT2D eigenvalue weighted by atomic mass is 9.96. The molecule has 0 saturated heterocycles. The molecule has 2 rings (SSSR count). The molecule has 0 bridgehead atoms. The molecule has 2 heterocycles. The Morgan fingerprint density at radius 2 is 1.81 bits per heavy atom. The monoisotopic (exact) mass is 521 g/mol. The molecule has 1 aromatic heterocycles. The van der Waals surface area contributed by atoms with Gasteiger partial charge in [0.1, 0.15) is 16.3 Å². The molecular weight excluding hydrogens is 486 g/mol. The van der Waals surface area contributed by atoms with Gasteiger partial charge in [-0.2, -0.15) is 0 Å². The van der Waals surface area contributed by atoms with Crippen molar-refractivity contribution in [2.45, 2.75) is 78.6 Å². The first-order valence-electron chi connectivity index (χ1n) is 11.9. The van der Waals surface area contributed by atoms with E-state index < -0.39 is 23.8 Å². The van der Waals surface area contributed by atoms with Gasteiger partial charge in [0, 0.05) is 50.0 Å². The number of rotatable bonds is 12. The average Bonchev–Trinajstić information content (AvgIpc) is 3.37. The Kier molecular flexibility index (Phi) is 10.3.